The summed E-state index contributed by atoms with van der Waals surface area (Å²) in [4.78, 5) is 0. The largest absolute Gasteiger partial charge is 0.235 e. The predicted octanol–water partition coefficient (Wildman–Crippen LogP) is 2.98. The Morgan fingerprint density at radius 3 is 1.14 bits per heavy atom. The van der Waals surface area contributed by atoms with Crippen LogP contribution in [0, 0.1) is 4.78 Å². The molecule has 0 heterocycles. The molecule has 0 aromatic rings. The molecule has 0 aliphatic carbocycles. The topological polar surface area (TPSA) is 23.9 Å². The van der Waals surface area contributed by atoms with Crippen molar-refractivity contribution in [3.8, 4) is 0 Å². The summed E-state index contributed by atoms with van der Waals surface area (Å²) in [6.07, 6.45) is 1.25. The molecule has 2 heteroatoms. The molecule has 0 aromatic heterocycles. The van der Waals surface area contributed by atoms with Gasteiger partial charge in [-0.2, -0.15) is 0 Å². The molecule has 0 radical (unpaired) electrons. The number of nitrogens with one attached hydrogen (secondary N) is 1. The maximum Gasteiger partial charge on any atom is 0.0324 e. The molecule has 0 aliphatic rings. The Bertz CT molecular complexity index is 12.0. The van der Waals surface area contributed by atoms with E-state index in [-0.39, 0.29) is 14.9 Å². The van der Waals surface area contributed by atoms with E-state index in [1.807, 2.05) is 0 Å². The average Bonchev–Trinajstić information content (AvgIpc) is 1.46. The third-order valence-electron chi connectivity index (χ3n) is 0. The van der Waals surface area contributed by atoms with Gasteiger partial charge in [0.2, 0.25) is 0 Å². The summed E-state index contributed by atoms with van der Waals surface area (Å²) in [6, 6.07) is 0. The smallest absolute Gasteiger partial charge is 0.0324 e. The molecule has 1 N–H and O–H groups in total. The zero-order valence-electron chi connectivity index (χ0n) is 3.62. The van der Waals surface area contributed by atoms with Crippen LogP contribution in [0.15, 0.2) is 0 Å². The highest BCUT2D eigenvalue weighted by atomic mass is 32.1. The summed E-state index contributed by atoms with van der Waals surface area (Å²) in [5, 5.41) is 0. The van der Waals surface area contributed by atoms with Gasteiger partial charge in [-0.05, 0) is 0 Å². The minimum atomic E-state index is 0. The van der Waals surface area contributed by atoms with Crippen LogP contribution in [-0.2, 0) is 12.4 Å². The lowest BCUT2D eigenvalue weighted by atomic mass is 10.6. The fourth-order valence-corrected chi connectivity index (χ4v) is 0. The standard InChI is InChI=1S/C3H8.2CH4.HNS/c1-3-2;;;1-2/h3H2,1-2H3;2*1H4;1H. The lowest BCUT2D eigenvalue weighted by Gasteiger charge is -1.48. The molecular weight excluding hydrogens is 106 g/mol. The Morgan fingerprint density at radius 2 is 1.14 bits per heavy atom. The summed E-state index contributed by atoms with van der Waals surface area (Å²) >= 11 is 3.33. The molecule has 0 rings (SSSR count). The summed E-state index contributed by atoms with van der Waals surface area (Å²) in [5.74, 6) is 0. The van der Waals surface area contributed by atoms with Crippen molar-refractivity contribution in [1.29, 1.82) is 4.78 Å². The van der Waals surface area contributed by atoms with Crippen LogP contribution in [-0.4, -0.2) is 0 Å². The van der Waals surface area contributed by atoms with Crippen LogP contribution >= 0.6 is 0 Å². The van der Waals surface area contributed by atoms with E-state index in [9.17, 15) is 0 Å². The number of hydrogen-bond acceptors (Lipinski definition) is 2. The van der Waals surface area contributed by atoms with Crippen LogP contribution in [0.25, 0.3) is 0 Å². The lowest BCUT2D eigenvalue weighted by molar-refractivity contribution is 1.09. The summed E-state index contributed by atoms with van der Waals surface area (Å²) in [7, 11) is 0. The van der Waals surface area contributed by atoms with Gasteiger partial charge in [0, 0.05) is 12.4 Å². The molecule has 0 atom stereocenters. The van der Waals surface area contributed by atoms with E-state index in [1.54, 1.807) is 0 Å². The Hall–Kier alpha value is 0.0200. The second kappa shape index (κ2) is 146. The minimum Gasteiger partial charge on any atom is -0.235 e. The van der Waals surface area contributed by atoms with Gasteiger partial charge in [0.05, 0.1) is 0 Å². The minimum absolute atomic E-state index is 0. The predicted molar refractivity (Wildman–Crippen MR) is 39.5 cm³/mol. The van der Waals surface area contributed by atoms with E-state index in [2.05, 4.69) is 26.3 Å². The monoisotopic (exact) mass is 123 g/mol. The van der Waals surface area contributed by atoms with Crippen molar-refractivity contribution in [1.82, 2.24) is 0 Å². The van der Waals surface area contributed by atoms with E-state index in [1.165, 1.54) is 6.42 Å². The zero-order valence-corrected chi connectivity index (χ0v) is 4.43. The second-order valence-electron chi connectivity index (χ2n) is 0.707. The van der Waals surface area contributed by atoms with Crippen LogP contribution in [0.2, 0.25) is 0 Å². The summed E-state index contributed by atoms with van der Waals surface area (Å²) in [6.45, 7) is 4.25. The Kier molecular flexibility index (Phi) is 581. The van der Waals surface area contributed by atoms with Gasteiger partial charge in [-0.3, -0.25) is 0 Å². The molecule has 0 bridgehead atoms. The van der Waals surface area contributed by atoms with Crippen LogP contribution in [0.1, 0.15) is 35.1 Å². The van der Waals surface area contributed by atoms with E-state index in [0.29, 0.717) is 0 Å². The molecule has 1 nitrogen and oxygen atoms in total. The highest BCUT2D eigenvalue weighted by molar-refractivity contribution is 7.45. The Labute approximate surface area is 53.1 Å². The molecule has 0 aliphatic heterocycles. The molecule has 7 heavy (non-hydrogen) atoms. The fourth-order valence-electron chi connectivity index (χ4n) is 0. The maximum absolute atomic E-state index is 5.33. The van der Waals surface area contributed by atoms with Crippen molar-refractivity contribution in [3.05, 3.63) is 0 Å². The molecule has 0 amide bonds. The molecule has 0 aromatic carbocycles. The zero-order chi connectivity index (χ0) is 4.71. The van der Waals surface area contributed by atoms with Crippen molar-refractivity contribution in [2.45, 2.75) is 35.1 Å². The Balaban J connectivity index is -0.0000000105. The van der Waals surface area contributed by atoms with Gasteiger partial charge in [-0.1, -0.05) is 35.1 Å². The van der Waals surface area contributed by atoms with Gasteiger partial charge in [0.1, 0.15) is 0 Å². The first-order chi connectivity index (χ1) is 2.41. The first-order valence-corrected chi connectivity index (χ1v) is 2.03. The number of rotatable bonds is 0. The third-order valence-corrected chi connectivity index (χ3v) is 0. The van der Waals surface area contributed by atoms with E-state index in [0.717, 1.165) is 0 Å². The van der Waals surface area contributed by atoms with Crippen LogP contribution < -0.4 is 0 Å². The van der Waals surface area contributed by atoms with Gasteiger partial charge in [0.15, 0.2) is 0 Å². The van der Waals surface area contributed by atoms with E-state index in [4.69, 9.17) is 4.78 Å². The maximum atomic E-state index is 5.33. The van der Waals surface area contributed by atoms with Gasteiger partial charge in [-0.25, -0.2) is 4.78 Å². The van der Waals surface area contributed by atoms with E-state index >= 15 is 0 Å². The Morgan fingerprint density at radius 1 is 1.14 bits per heavy atom. The van der Waals surface area contributed by atoms with Gasteiger partial charge < -0.3 is 0 Å². The third kappa shape index (κ3) is 243000. The molecule has 48 valence electrons. The normalized spacial score (nSPS) is 3.14. The average molecular weight is 123 g/mol. The molecule has 0 fully saturated rings. The van der Waals surface area contributed by atoms with Crippen LogP contribution in [0.4, 0.5) is 0 Å². The highest BCUT2D eigenvalue weighted by Crippen LogP contribution is 1.56. The second-order valence-corrected chi connectivity index (χ2v) is 0.707. The molecule has 0 saturated heterocycles. The molecular formula is C5H17NS. The van der Waals surface area contributed by atoms with Crippen molar-refractivity contribution in [2.24, 2.45) is 0 Å². The summed E-state index contributed by atoms with van der Waals surface area (Å²) < 4.78 is 5.33. The number of hydrogen-bond donors (Lipinski definition) is 1. The SMILES string of the molecule is C.C.CCC.N=S. The van der Waals surface area contributed by atoms with Crippen molar-refractivity contribution in [3.63, 3.8) is 0 Å². The molecule has 0 unspecified atom stereocenters. The fraction of sp³-hybridized carbons (Fsp3) is 1.00. The lowest BCUT2D eigenvalue weighted by Crippen LogP contribution is -1.27. The molecule has 0 saturated carbocycles. The van der Waals surface area contributed by atoms with Crippen molar-refractivity contribution < 1.29 is 0 Å². The van der Waals surface area contributed by atoms with Crippen LogP contribution in [0.3, 0.4) is 0 Å². The van der Waals surface area contributed by atoms with Crippen molar-refractivity contribution >= 4 is 12.4 Å². The first-order valence-electron chi connectivity index (χ1n) is 1.62. The van der Waals surface area contributed by atoms with Crippen LogP contribution in [0.5, 0.6) is 0 Å². The van der Waals surface area contributed by atoms with Gasteiger partial charge in [-0.15, -0.1) is 0 Å². The summed E-state index contributed by atoms with van der Waals surface area (Å²) in [5.41, 5.74) is 0. The van der Waals surface area contributed by atoms with Gasteiger partial charge in [0.25, 0.3) is 0 Å². The van der Waals surface area contributed by atoms with Gasteiger partial charge >= 0.3 is 0 Å². The van der Waals surface area contributed by atoms with Crippen molar-refractivity contribution in [2.75, 3.05) is 0 Å². The van der Waals surface area contributed by atoms with E-state index < -0.39 is 0 Å². The highest BCUT2D eigenvalue weighted by Gasteiger charge is 1.35. The molecule has 0 spiro atoms. The first kappa shape index (κ1) is 27.9. The quantitative estimate of drug-likeness (QED) is 0.526.